The van der Waals surface area contributed by atoms with Crippen molar-refractivity contribution in [3.8, 4) is 11.4 Å². The van der Waals surface area contributed by atoms with Gasteiger partial charge in [-0.3, -0.25) is 9.69 Å². The smallest absolute Gasteiger partial charge is 0.251 e. The van der Waals surface area contributed by atoms with Gasteiger partial charge in [0.15, 0.2) is 0 Å². The molecule has 2 heterocycles. The zero-order valence-electron chi connectivity index (χ0n) is 16.7. The largest absolute Gasteiger partial charge is 0.492 e. The number of hydrogen-bond acceptors (Lipinski definition) is 6. The zero-order chi connectivity index (χ0) is 20.6. The van der Waals surface area contributed by atoms with E-state index in [-0.39, 0.29) is 5.91 Å². The molecule has 8 heteroatoms. The summed E-state index contributed by atoms with van der Waals surface area (Å²) in [7, 11) is 0. The molecule has 30 heavy (non-hydrogen) atoms. The summed E-state index contributed by atoms with van der Waals surface area (Å²) in [5.41, 5.74) is 2.44. The van der Waals surface area contributed by atoms with Crippen LogP contribution < -0.4 is 10.1 Å². The lowest BCUT2D eigenvalue weighted by Gasteiger charge is -2.26. The highest BCUT2D eigenvalue weighted by Crippen LogP contribution is 2.14. The Morgan fingerprint density at radius 2 is 1.97 bits per heavy atom. The molecule has 4 rings (SSSR count). The second-order valence-electron chi connectivity index (χ2n) is 7.02. The molecule has 1 aliphatic heterocycles. The highest BCUT2D eigenvalue weighted by Gasteiger charge is 2.10. The minimum atomic E-state index is -0.126. The average molecular weight is 407 g/mol. The van der Waals surface area contributed by atoms with Crippen LogP contribution in [0.15, 0.2) is 61.2 Å². The van der Waals surface area contributed by atoms with Gasteiger partial charge in [0, 0.05) is 31.7 Å². The number of carbonyl (C=O) groups excluding carboxylic acids is 1. The van der Waals surface area contributed by atoms with E-state index in [1.165, 1.54) is 6.33 Å². The van der Waals surface area contributed by atoms with Crippen molar-refractivity contribution in [3.05, 3.63) is 72.3 Å². The van der Waals surface area contributed by atoms with Crippen molar-refractivity contribution in [1.82, 2.24) is 25.0 Å². The van der Waals surface area contributed by atoms with Crippen molar-refractivity contribution in [1.29, 1.82) is 0 Å². The molecule has 3 aromatic rings. The lowest BCUT2D eigenvalue weighted by Crippen LogP contribution is -2.38. The summed E-state index contributed by atoms with van der Waals surface area (Å²) in [6.45, 7) is 5.44. The maximum Gasteiger partial charge on any atom is 0.251 e. The average Bonchev–Trinajstić information content (AvgIpc) is 3.34. The van der Waals surface area contributed by atoms with Gasteiger partial charge in [0.2, 0.25) is 0 Å². The Bertz CT molecular complexity index is 938. The van der Waals surface area contributed by atoms with Gasteiger partial charge < -0.3 is 14.8 Å². The molecule has 1 fully saturated rings. The van der Waals surface area contributed by atoms with Crippen LogP contribution in [0.5, 0.6) is 5.75 Å². The Morgan fingerprint density at radius 3 is 2.73 bits per heavy atom. The minimum Gasteiger partial charge on any atom is -0.492 e. The van der Waals surface area contributed by atoms with E-state index < -0.39 is 0 Å². The first-order valence-electron chi connectivity index (χ1n) is 10.0. The molecule has 0 spiro atoms. The molecular weight excluding hydrogens is 382 g/mol. The fourth-order valence-corrected chi connectivity index (χ4v) is 3.25. The Labute approximate surface area is 175 Å². The van der Waals surface area contributed by atoms with E-state index in [0.29, 0.717) is 18.7 Å². The van der Waals surface area contributed by atoms with Gasteiger partial charge in [-0.05, 0) is 42.0 Å². The van der Waals surface area contributed by atoms with Gasteiger partial charge in [0.05, 0.1) is 18.9 Å². The third-order valence-electron chi connectivity index (χ3n) is 4.94. The molecule has 1 saturated heterocycles. The molecule has 0 radical (unpaired) electrons. The molecule has 1 amide bonds. The molecule has 8 nitrogen and oxygen atoms in total. The van der Waals surface area contributed by atoms with Gasteiger partial charge in [-0.1, -0.05) is 12.1 Å². The van der Waals surface area contributed by atoms with Crippen LogP contribution in [0, 0.1) is 0 Å². The van der Waals surface area contributed by atoms with Crippen molar-refractivity contribution in [2.24, 2.45) is 0 Å². The van der Waals surface area contributed by atoms with Gasteiger partial charge in [-0.2, -0.15) is 5.10 Å². The maximum absolute atomic E-state index is 12.5. The van der Waals surface area contributed by atoms with Gasteiger partial charge in [0.25, 0.3) is 5.91 Å². The molecule has 0 bridgehead atoms. The minimum absolute atomic E-state index is 0.126. The van der Waals surface area contributed by atoms with Crippen LogP contribution in [0.3, 0.4) is 0 Å². The molecule has 1 aliphatic rings. The number of ether oxygens (including phenoxy) is 2. The van der Waals surface area contributed by atoms with E-state index in [2.05, 4.69) is 20.3 Å². The Kier molecular flexibility index (Phi) is 6.68. The van der Waals surface area contributed by atoms with Crippen LogP contribution >= 0.6 is 0 Å². The number of nitrogens with one attached hydrogen (secondary N) is 1. The van der Waals surface area contributed by atoms with Crippen molar-refractivity contribution in [3.63, 3.8) is 0 Å². The first kappa shape index (κ1) is 20.1. The summed E-state index contributed by atoms with van der Waals surface area (Å²) in [4.78, 5) is 18.7. The zero-order valence-corrected chi connectivity index (χ0v) is 16.7. The van der Waals surface area contributed by atoms with Crippen LogP contribution in [-0.4, -0.2) is 65.0 Å². The highest BCUT2D eigenvalue weighted by molar-refractivity contribution is 5.94. The topological polar surface area (TPSA) is 81.5 Å². The molecule has 1 aromatic heterocycles. The first-order chi connectivity index (χ1) is 14.8. The monoisotopic (exact) mass is 407 g/mol. The third-order valence-corrected chi connectivity index (χ3v) is 4.94. The van der Waals surface area contributed by atoms with E-state index in [4.69, 9.17) is 9.47 Å². The molecule has 2 aromatic carbocycles. The molecule has 0 unspecified atom stereocenters. The van der Waals surface area contributed by atoms with Crippen molar-refractivity contribution in [2.45, 2.75) is 6.54 Å². The van der Waals surface area contributed by atoms with Crippen LogP contribution in [0.4, 0.5) is 0 Å². The number of amides is 1. The number of morpholine rings is 1. The van der Waals surface area contributed by atoms with Gasteiger partial charge in [-0.15, -0.1) is 0 Å². The number of carbonyl (C=O) groups is 1. The fraction of sp³-hybridized carbons (Fsp3) is 0.318. The van der Waals surface area contributed by atoms with Crippen molar-refractivity contribution in [2.75, 3.05) is 39.5 Å². The summed E-state index contributed by atoms with van der Waals surface area (Å²) in [5, 5.41) is 7.03. The molecular formula is C22H25N5O3. The number of benzene rings is 2. The second-order valence-corrected chi connectivity index (χ2v) is 7.02. The normalized spacial score (nSPS) is 14.4. The summed E-state index contributed by atoms with van der Waals surface area (Å²) in [6, 6.07) is 15.1. The van der Waals surface area contributed by atoms with Gasteiger partial charge >= 0.3 is 0 Å². The lowest BCUT2D eigenvalue weighted by atomic mass is 10.1. The quantitative estimate of drug-likeness (QED) is 0.614. The molecule has 156 valence electrons. The number of aromatic nitrogens is 3. The van der Waals surface area contributed by atoms with Crippen molar-refractivity contribution >= 4 is 5.91 Å². The van der Waals surface area contributed by atoms with E-state index in [1.807, 2.05) is 36.4 Å². The SMILES string of the molecule is O=C(NCc1cccc(OCCN2CCOCC2)c1)c1ccc(-n2cncn2)cc1. The number of rotatable bonds is 8. The Hall–Kier alpha value is -3.23. The molecule has 0 atom stereocenters. The first-order valence-corrected chi connectivity index (χ1v) is 10.0. The standard InChI is InChI=1S/C22H25N5O3/c28-22(19-4-6-20(7-5-19)27-17-23-16-25-27)24-15-18-2-1-3-21(14-18)30-13-10-26-8-11-29-12-9-26/h1-7,14,16-17H,8-13,15H2,(H,24,28). The maximum atomic E-state index is 12.5. The predicted octanol–water partition coefficient (Wildman–Crippen LogP) is 1.91. The highest BCUT2D eigenvalue weighted by atomic mass is 16.5. The number of hydrogen-bond donors (Lipinski definition) is 1. The third kappa shape index (κ3) is 5.43. The van der Waals surface area contributed by atoms with Gasteiger partial charge in [-0.25, -0.2) is 9.67 Å². The van der Waals surface area contributed by atoms with Gasteiger partial charge in [0.1, 0.15) is 25.0 Å². The van der Waals surface area contributed by atoms with E-state index in [0.717, 1.165) is 49.8 Å². The van der Waals surface area contributed by atoms with Crippen LogP contribution in [-0.2, 0) is 11.3 Å². The van der Waals surface area contributed by atoms with Crippen molar-refractivity contribution < 1.29 is 14.3 Å². The summed E-state index contributed by atoms with van der Waals surface area (Å²) < 4.78 is 12.9. The van der Waals surface area contributed by atoms with E-state index in [9.17, 15) is 4.79 Å². The summed E-state index contributed by atoms with van der Waals surface area (Å²) >= 11 is 0. The Morgan fingerprint density at radius 1 is 1.13 bits per heavy atom. The van der Waals surface area contributed by atoms with E-state index in [1.54, 1.807) is 23.1 Å². The van der Waals surface area contributed by atoms with E-state index >= 15 is 0 Å². The molecule has 0 aliphatic carbocycles. The fourth-order valence-electron chi connectivity index (χ4n) is 3.25. The summed E-state index contributed by atoms with van der Waals surface area (Å²) in [6.07, 6.45) is 3.09. The Balaban J connectivity index is 1.26. The predicted molar refractivity (Wildman–Crippen MR) is 112 cm³/mol. The van der Waals surface area contributed by atoms with Crippen LogP contribution in [0.1, 0.15) is 15.9 Å². The van der Waals surface area contributed by atoms with Crippen LogP contribution in [0.2, 0.25) is 0 Å². The number of nitrogens with zero attached hydrogens (tertiary/aromatic N) is 4. The lowest BCUT2D eigenvalue weighted by molar-refractivity contribution is 0.0322. The molecule has 1 N–H and O–H groups in total. The van der Waals surface area contributed by atoms with Crippen LogP contribution in [0.25, 0.3) is 5.69 Å². The second kappa shape index (κ2) is 10.00. The summed E-state index contributed by atoms with van der Waals surface area (Å²) in [5.74, 6) is 0.686. The molecule has 0 saturated carbocycles.